The third-order valence-electron chi connectivity index (χ3n) is 3.56. The Balaban J connectivity index is 1.91. The van der Waals surface area contributed by atoms with Crippen LogP contribution in [0, 0.1) is 0 Å². The number of hydrogen-bond acceptors (Lipinski definition) is 3. The van der Waals surface area contributed by atoms with Gasteiger partial charge in [0, 0.05) is 13.6 Å². The molecular weight excluding hydrogens is 276 g/mol. The maximum absolute atomic E-state index is 8.42. The maximum atomic E-state index is 8.42. The highest BCUT2D eigenvalue weighted by Gasteiger charge is 2.02. The largest absolute Gasteiger partial charge is 0.359 e. The molecule has 22 heavy (non-hydrogen) atoms. The monoisotopic (exact) mass is 298 g/mol. The van der Waals surface area contributed by atoms with Gasteiger partial charge in [-0.1, -0.05) is 54.6 Å². The minimum absolute atomic E-state index is 0.211. The van der Waals surface area contributed by atoms with E-state index in [0.29, 0.717) is 6.54 Å². The molecule has 0 spiro atoms. The van der Waals surface area contributed by atoms with Crippen molar-refractivity contribution < 1.29 is 10.1 Å². The highest BCUT2D eigenvalue weighted by Crippen LogP contribution is 2.08. The van der Waals surface area contributed by atoms with Crippen LogP contribution in [0.25, 0.3) is 0 Å². The van der Waals surface area contributed by atoms with Gasteiger partial charge in [-0.15, -0.1) is 0 Å². The smallest absolute Gasteiger partial charge is 0.107 e. The molecule has 2 aromatic rings. The minimum atomic E-state index is 0.211. The van der Waals surface area contributed by atoms with E-state index in [1.165, 1.54) is 5.56 Å². The minimum Gasteiger partial charge on any atom is -0.359 e. The number of nitrogens with zero attached hydrogens (tertiary/aromatic N) is 2. The molecule has 2 rings (SSSR count). The second-order valence-electron chi connectivity index (χ2n) is 5.30. The molecule has 0 saturated carbocycles. The van der Waals surface area contributed by atoms with E-state index in [1.54, 1.807) is 0 Å². The second-order valence-corrected chi connectivity index (χ2v) is 5.30. The Bertz CT molecular complexity index is 594. The number of hydrogen-bond donors (Lipinski definition) is 1. The summed E-state index contributed by atoms with van der Waals surface area (Å²) in [6.45, 7) is 3.73. The van der Waals surface area contributed by atoms with Crippen LogP contribution in [0.1, 0.15) is 23.6 Å². The zero-order chi connectivity index (χ0) is 15.8. The summed E-state index contributed by atoms with van der Waals surface area (Å²) >= 11 is 0. The first-order valence-electron chi connectivity index (χ1n) is 7.29. The Hall–Kier alpha value is -2.17. The molecule has 116 valence electrons. The van der Waals surface area contributed by atoms with Gasteiger partial charge in [-0.25, -0.2) is 4.89 Å². The fourth-order valence-corrected chi connectivity index (χ4v) is 2.11. The van der Waals surface area contributed by atoms with Gasteiger partial charge in [0.1, 0.15) is 6.61 Å². The standard InChI is InChI=1S/C18H22N2O2/c1-15(20(2)13-17-6-4-3-5-7-17)19-12-16-8-10-18(11-9-16)14-22-21/h3-11,21H,12-14H2,1-2H3. The van der Waals surface area contributed by atoms with Gasteiger partial charge in [0.2, 0.25) is 0 Å². The molecule has 4 heteroatoms. The van der Waals surface area contributed by atoms with E-state index in [-0.39, 0.29) is 6.61 Å². The molecular formula is C18H22N2O2. The lowest BCUT2D eigenvalue weighted by Crippen LogP contribution is -2.23. The summed E-state index contributed by atoms with van der Waals surface area (Å²) in [6.07, 6.45) is 0. The van der Waals surface area contributed by atoms with Gasteiger partial charge < -0.3 is 4.90 Å². The van der Waals surface area contributed by atoms with Gasteiger partial charge in [0.05, 0.1) is 12.4 Å². The lowest BCUT2D eigenvalue weighted by atomic mass is 10.1. The van der Waals surface area contributed by atoms with Gasteiger partial charge in [-0.05, 0) is 23.6 Å². The van der Waals surface area contributed by atoms with Crippen LogP contribution < -0.4 is 0 Å². The molecule has 1 N–H and O–H groups in total. The van der Waals surface area contributed by atoms with Crippen molar-refractivity contribution in [1.82, 2.24) is 4.90 Å². The van der Waals surface area contributed by atoms with Crippen LogP contribution in [0.15, 0.2) is 59.6 Å². The molecule has 0 aliphatic rings. The molecule has 2 aromatic carbocycles. The van der Waals surface area contributed by atoms with Crippen LogP contribution in [0.4, 0.5) is 0 Å². The summed E-state index contributed by atoms with van der Waals surface area (Å²) in [4.78, 5) is 10.9. The molecule has 0 fully saturated rings. The first-order valence-corrected chi connectivity index (χ1v) is 7.29. The number of aliphatic imine (C=N–C) groups is 1. The van der Waals surface area contributed by atoms with E-state index in [0.717, 1.165) is 23.5 Å². The summed E-state index contributed by atoms with van der Waals surface area (Å²) in [7, 11) is 2.05. The molecule has 0 aromatic heterocycles. The summed E-state index contributed by atoms with van der Waals surface area (Å²) in [5, 5.41) is 8.42. The van der Waals surface area contributed by atoms with E-state index in [9.17, 15) is 0 Å². The lowest BCUT2D eigenvalue weighted by molar-refractivity contribution is -0.253. The summed E-state index contributed by atoms with van der Waals surface area (Å²) in [5.74, 6) is 1.01. The predicted octanol–water partition coefficient (Wildman–Crippen LogP) is 3.73. The Labute approximate surface area is 131 Å². The first-order chi connectivity index (χ1) is 10.7. The van der Waals surface area contributed by atoms with Crippen LogP contribution >= 0.6 is 0 Å². The SMILES string of the molecule is CC(=NCc1ccc(COO)cc1)N(C)Cc1ccccc1. The lowest BCUT2D eigenvalue weighted by Gasteiger charge is -2.18. The van der Waals surface area contributed by atoms with Crippen molar-refractivity contribution >= 4 is 5.84 Å². The third-order valence-corrected chi connectivity index (χ3v) is 3.56. The quantitative estimate of drug-likeness (QED) is 0.382. The van der Waals surface area contributed by atoms with Gasteiger partial charge in [0.25, 0.3) is 0 Å². The Morgan fingerprint density at radius 3 is 2.27 bits per heavy atom. The number of amidine groups is 1. The molecule has 0 bridgehead atoms. The van der Waals surface area contributed by atoms with Crippen molar-refractivity contribution in [2.24, 2.45) is 4.99 Å². The van der Waals surface area contributed by atoms with Crippen molar-refractivity contribution in [1.29, 1.82) is 0 Å². The fourth-order valence-electron chi connectivity index (χ4n) is 2.11. The summed E-state index contributed by atoms with van der Waals surface area (Å²) in [5.41, 5.74) is 3.34. The molecule has 0 unspecified atom stereocenters. The topological polar surface area (TPSA) is 45.1 Å². The second kappa shape index (κ2) is 8.32. The summed E-state index contributed by atoms with van der Waals surface area (Å²) in [6, 6.07) is 18.2. The fraction of sp³-hybridized carbons (Fsp3) is 0.278. The molecule has 0 atom stereocenters. The predicted molar refractivity (Wildman–Crippen MR) is 88.6 cm³/mol. The van der Waals surface area contributed by atoms with Crippen LogP contribution in [0.3, 0.4) is 0 Å². The average Bonchev–Trinajstić information content (AvgIpc) is 2.55. The average molecular weight is 298 g/mol. The zero-order valence-electron chi connectivity index (χ0n) is 13.1. The van der Waals surface area contributed by atoms with Gasteiger partial charge in [0.15, 0.2) is 0 Å². The molecule has 4 nitrogen and oxygen atoms in total. The Morgan fingerprint density at radius 2 is 1.64 bits per heavy atom. The molecule has 0 saturated heterocycles. The van der Waals surface area contributed by atoms with Gasteiger partial charge in [-0.3, -0.25) is 10.2 Å². The molecule has 0 aliphatic carbocycles. The number of rotatable bonds is 6. The highest BCUT2D eigenvalue weighted by atomic mass is 17.1. The third kappa shape index (κ3) is 4.98. The van der Waals surface area contributed by atoms with Gasteiger partial charge in [-0.2, -0.15) is 0 Å². The van der Waals surface area contributed by atoms with Crippen molar-refractivity contribution in [2.75, 3.05) is 7.05 Å². The van der Waals surface area contributed by atoms with E-state index in [2.05, 4.69) is 26.9 Å². The maximum Gasteiger partial charge on any atom is 0.107 e. The zero-order valence-corrected chi connectivity index (χ0v) is 13.1. The highest BCUT2D eigenvalue weighted by molar-refractivity contribution is 5.79. The van der Waals surface area contributed by atoms with Crippen LogP contribution in [-0.2, 0) is 24.6 Å². The van der Waals surface area contributed by atoms with Crippen molar-refractivity contribution in [3.8, 4) is 0 Å². The van der Waals surface area contributed by atoms with Gasteiger partial charge >= 0.3 is 0 Å². The number of benzene rings is 2. The van der Waals surface area contributed by atoms with E-state index in [4.69, 9.17) is 5.26 Å². The van der Waals surface area contributed by atoms with Crippen molar-refractivity contribution in [2.45, 2.75) is 26.6 Å². The Kier molecular flexibility index (Phi) is 6.13. The van der Waals surface area contributed by atoms with Crippen LogP contribution in [0.2, 0.25) is 0 Å². The molecule has 0 amide bonds. The van der Waals surface area contributed by atoms with E-state index in [1.807, 2.05) is 56.4 Å². The molecule has 0 aliphatic heterocycles. The van der Waals surface area contributed by atoms with Crippen LogP contribution in [0.5, 0.6) is 0 Å². The van der Waals surface area contributed by atoms with E-state index >= 15 is 0 Å². The molecule has 0 radical (unpaired) electrons. The normalized spacial score (nSPS) is 11.5. The first kappa shape index (κ1) is 16.2. The van der Waals surface area contributed by atoms with Crippen molar-refractivity contribution in [3.05, 3.63) is 71.3 Å². The van der Waals surface area contributed by atoms with Crippen LogP contribution in [-0.4, -0.2) is 23.0 Å². The van der Waals surface area contributed by atoms with E-state index < -0.39 is 0 Å². The molecule has 0 heterocycles. The summed E-state index contributed by atoms with van der Waals surface area (Å²) < 4.78 is 0. The Morgan fingerprint density at radius 1 is 1.00 bits per heavy atom. The van der Waals surface area contributed by atoms with Crippen molar-refractivity contribution in [3.63, 3.8) is 0 Å².